The fraction of sp³-hybridized carbons (Fsp3) is 0.810. The molecule has 0 bridgehead atoms. The number of carbonyl (C=O) groups is 3. The van der Waals surface area contributed by atoms with Gasteiger partial charge in [-0.2, -0.15) is 0 Å². The number of esters is 3. The molecule has 0 aromatic heterocycles. The molecular weight excluding hydrogens is 793 g/mol. The van der Waals surface area contributed by atoms with Gasteiger partial charge in [0, 0.05) is 19.3 Å². The van der Waals surface area contributed by atoms with Gasteiger partial charge in [-0.15, -0.1) is 0 Å². The van der Waals surface area contributed by atoms with Gasteiger partial charge in [0.2, 0.25) is 0 Å². The summed E-state index contributed by atoms with van der Waals surface area (Å²) >= 11 is 0. The molecule has 0 fully saturated rings. The van der Waals surface area contributed by atoms with Gasteiger partial charge in [0.05, 0.1) is 0 Å². The minimum atomic E-state index is -0.765. The van der Waals surface area contributed by atoms with Gasteiger partial charge in [0.25, 0.3) is 0 Å². The third-order valence-corrected chi connectivity index (χ3v) is 12.1. The largest absolute Gasteiger partial charge is 0.462 e. The number of ether oxygens (including phenoxy) is 3. The number of allylic oxidation sites excluding steroid dienone is 8. The Bertz CT molecular complexity index is 1120. The van der Waals surface area contributed by atoms with Crippen molar-refractivity contribution in [2.75, 3.05) is 13.2 Å². The summed E-state index contributed by atoms with van der Waals surface area (Å²) in [4.78, 5) is 37.8. The molecule has 64 heavy (non-hydrogen) atoms. The molecule has 6 heteroatoms. The third kappa shape index (κ3) is 50.4. The minimum absolute atomic E-state index is 0.0684. The lowest BCUT2D eigenvalue weighted by Gasteiger charge is -2.18. The van der Waals surface area contributed by atoms with Crippen LogP contribution in [0.3, 0.4) is 0 Å². The lowest BCUT2D eigenvalue weighted by molar-refractivity contribution is -0.167. The summed E-state index contributed by atoms with van der Waals surface area (Å²) in [6, 6.07) is 0. The maximum absolute atomic E-state index is 12.7. The summed E-state index contributed by atoms with van der Waals surface area (Å²) in [5, 5.41) is 0. The van der Waals surface area contributed by atoms with Crippen molar-refractivity contribution >= 4 is 17.9 Å². The second-order valence-corrected chi connectivity index (χ2v) is 18.5. The van der Waals surface area contributed by atoms with Crippen molar-refractivity contribution in [1.29, 1.82) is 0 Å². The van der Waals surface area contributed by atoms with E-state index in [4.69, 9.17) is 14.2 Å². The second-order valence-electron chi connectivity index (χ2n) is 18.5. The molecule has 6 nitrogen and oxygen atoms in total. The highest BCUT2D eigenvalue weighted by atomic mass is 16.6. The van der Waals surface area contributed by atoms with Crippen LogP contribution in [0.25, 0.3) is 0 Å². The highest BCUT2D eigenvalue weighted by Gasteiger charge is 2.19. The van der Waals surface area contributed by atoms with E-state index >= 15 is 0 Å². The first-order valence-electron chi connectivity index (χ1n) is 27.6. The van der Waals surface area contributed by atoms with E-state index in [1.165, 1.54) is 161 Å². The summed E-state index contributed by atoms with van der Waals surface area (Å²) in [7, 11) is 0. The van der Waals surface area contributed by atoms with Gasteiger partial charge in [-0.1, -0.05) is 256 Å². The number of hydrogen-bond acceptors (Lipinski definition) is 6. The van der Waals surface area contributed by atoms with E-state index in [2.05, 4.69) is 69.4 Å². The quantitative estimate of drug-likeness (QED) is 0.0262. The first-order chi connectivity index (χ1) is 31.5. The molecule has 0 saturated carbocycles. The summed E-state index contributed by atoms with van der Waals surface area (Å²) in [6.45, 7) is 6.51. The van der Waals surface area contributed by atoms with Gasteiger partial charge < -0.3 is 14.2 Å². The monoisotopic (exact) mass is 897 g/mol. The first kappa shape index (κ1) is 61.4. The Labute approximate surface area is 397 Å². The van der Waals surface area contributed by atoms with Crippen LogP contribution in [0.1, 0.15) is 284 Å². The highest BCUT2D eigenvalue weighted by molar-refractivity contribution is 5.71. The molecule has 0 aliphatic carbocycles. The molecule has 0 heterocycles. The highest BCUT2D eigenvalue weighted by Crippen LogP contribution is 2.16. The van der Waals surface area contributed by atoms with Crippen molar-refractivity contribution < 1.29 is 28.6 Å². The second kappa shape index (κ2) is 53.0. The number of rotatable bonds is 50. The lowest BCUT2D eigenvalue weighted by Crippen LogP contribution is -2.30. The van der Waals surface area contributed by atoms with E-state index in [0.717, 1.165) is 83.5 Å². The van der Waals surface area contributed by atoms with E-state index in [0.29, 0.717) is 19.3 Å². The number of unbranched alkanes of at least 4 members (excludes halogenated alkanes) is 31. The van der Waals surface area contributed by atoms with Crippen LogP contribution in [-0.2, 0) is 28.6 Å². The summed E-state index contributed by atoms with van der Waals surface area (Å²) in [6.07, 6.45) is 64.1. The Morgan fingerprint density at radius 3 is 0.953 bits per heavy atom. The molecule has 0 aromatic carbocycles. The van der Waals surface area contributed by atoms with E-state index in [1.807, 2.05) is 0 Å². The maximum atomic E-state index is 12.7. The average Bonchev–Trinajstić information content (AvgIpc) is 3.29. The fourth-order valence-corrected chi connectivity index (χ4v) is 7.96. The van der Waals surface area contributed by atoms with Gasteiger partial charge in [0.15, 0.2) is 6.10 Å². The zero-order valence-electron chi connectivity index (χ0n) is 42.6. The summed E-state index contributed by atoms with van der Waals surface area (Å²) in [5.74, 6) is -0.863. The van der Waals surface area contributed by atoms with Crippen LogP contribution in [0, 0.1) is 0 Å². The van der Waals surface area contributed by atoms with Crippen molar-refractivity contribution in [3.05, 3.63) is 48.6 Å². The standard InChI is InChI=1S/C58H104O6/c1-4-7-10-13-16-19-21-22-23-24-25-26-27-28-29-30-31-32-33-34-35-36-37-40-42-45-48-51-57(60)63-54-55(53-62-56(59)50-47-44-41-38-18-15-12-9-6-3)64-58(61)52-49-46-43-39-20-17-14-11-8-5-2/h7,10,16,19,22-23,25-26,55H,4-6,8-9,11-15,17-18,20-21,24,27-54H2,1-3H3/b10-7-,19-16-,23-22-,26-25-. The van der Waals surface area contributed by atoms with Crippen LogP contribution in [0.5, 0.6) is 0 Å². The van der Waals surface area contributed by atoms with Crippen LogP contribution < -0.4 is 0 Å². The maximum Gasteiger partial charge on any atom is 0.306 e. The van der Waals surface area contributed by atoms with Crippen molar-refractivity contribution in [2.45, 2.75) is 290 Å². The molecule has 0 amide bonds. The molecule has 0 rings (SSSR count). The van der Waals surface area contributed by atoms with Crippen molar-refractivity contribution in [3.63, 3.8) is 0 Å². The Kier molecular flexibility index (Phi) is 50.8. The van der Waals surface area contributed by atoms with Crippen LogP contribution in [0.2, 0.25) is 0 Å². The Morgan fingerprint density at radius 2 is 0.609 bits per heavy atom. The molecule has 1 atom stereocenters. The van der Waals surface area contributed by atoms with Gasteiger partial charge in [-0.3, -0.25) is 14.4 Å². The molecule has 0 radical (unpaired) electrons. The predicted molar refractivity (Wildman–Crippen MR) is 275 cm³/mol. The SMILES string of the molecule is CC/C=C\C/C=C\C/C=C\C/C=C\CCCCCCCCCCCCCCCCC(=O)OCC(COC(=O)CCCCCCCCCCC)OC(=O)CCCCCCCCCCCC. The molecule has 1 unspecified atom stereocenters. The zero-order chi connectivity index (χ0) is 46.5. The van der Waals surface area contributed by atoms with Crippen LogP contribution in [0.4, 0.5) is 0 Å². The molecule has 0 saturated heterocycles. The first-order valence-corrected chi connectivity index (χ1v) is 27.6. The zero-order valence-corrected chi connectivity index (χ0v) is 42.6. The van der Waals surface area contributed by atoms with E-state index in [9.17, 15) is 14.4 Å². The van der Waals surface area contributed by atoms with Crippen molar-refractivity contribution in [1.82, 2.24) is 0 Å². The predicted octanol–water partition coefficient (Wildman–Crippen LogP) is 18.3. The van der Waals surface area contributed by atoms with Gasteiger partial charge in [-0.25, -0.2) is 0 Å². The lowest BCUT2D eigenvalue weighted by atomic mass is 10.0. The van der Waals surface area contributed by atoms with E-state index in [-0.39, 0.29) is 31.1 Å². The Morgan fingerprint density at radius 1 is 0.328 bits per heavy atom. The topological polar surface area (TPSA) is 78.9 Å². The summed E-state index contributed by atoms with van der Waals surface area (Å²) < 4.78 is 16.8. The normalized spacial score (nSPS) is 12.4. The molecule has 0 N–H and O–H groups in total. The average molecular weight is 897 g/mol. The van der Waals surface area contributed by atoms with Crippen LogP contribution in [0.15, 0.2) is 48.6 Å². The Hall–Kier alpha value is -2.63. The molecule has 0 aliphatic rings. The Balaban J connectivity index is 4.08. The van der Waals surface area contributed by atoms with E-state index in [1.54, 1.807) is 0 Å². The molecule has 0 aliphatic heterocycles. The van der Waals surface area contributed by atoms with Crippen LogP contribution >= 0.6 is 0 Å². The smallest absolute Gasteiger partial charge is 0.306 e. The van der Waals surface area contributed by atoms with Crippen LogP contribution in [-0.4, -0.2) is 37.2 Å². The number of carbonyl (C=O) groups excluding carboxylic acids is 3. The third-order valence-electron chi connectivity index (χ3n) is 12.1. The van der Waals surface area contributed by atoms with Crippen molar-refractivity contribution in [2.24, 2.45) is 0 Å². The molecule has 0 aromatic rings. The molecule has 372 valence electrons. The van der Waals surface area contributed by atoms with Gasteiger partial charge in [-0.05, 0) is 57.8 Å². The fourth-order valence-electron chi connectivity index (χ4n) is 7.96. The van der Waals surface area contributed by atoms with Gasteiger partial charge in [0.1, 0.15) is 13.2 Å². The van der Waals surface area contributed by atoms with Crippen molar-refractivity contribution in [3.8, 4) is 0 Å². The number of hydrogen-bond donors (Lipinski definition) is 0. The summed E-state index contributed by atoms with van der Waals surface area (Å²) in [5.41, 5.74) is 0. The minimum Gasteiger partial charge on any atom is -0.462 e. The van der Waals surface area contributed by atoms with E-state index < -0.39 is 6.10 Å². The van der Waals surface area contributed by atoms with Gasteiger partial charge >= 0.3 is 17.9 Å². The molecular formula is C58H104O6. The molecule has 0 spiro atoms.